The van der Waals surface area contributed by atoms with Crippen molar-refractivity contribution >= 4 is 15.9 Å². The topological polar surface area (TPSA) is 122 Å². The van der Waals surface area contributed by atoms with Crippen molar-refractivity contribution in [1.82, 2.24) is 19.6 Å². The van der Waals surface area contributed by atoms with E-state index < -0.39 is 22.1 Å². The number of rotatable bonds is 7. The van der Waals surface area contributed by atoms with Crippen LogP contribution in [-0.4, -0.2) is 58.9 Å². The fourth-order valence-electron chi connectivity index (χ4n) is 3.16. The van der Waals surface area contributed by atoms with E-state index in [1.807, 2.05) is 0 Å². The van der Waals surface area contributed by atoms with Crippen LogP contribution in [0.5, 0.6) is 11.6 Å². The van der Waals surface area contributed by atoms with Crippen molar-refractivity contribution in [1.29, 1.82) is 0 Å². The van der Waals surface area contributed by atoms with Crippen molar-refractivity contribution in [2.45, 2.75) is 30.3 Å². The van der Waals surface area contributed by atoms with Gasteiger partial charge < -0.3 is 15.2 Å². The van der Waals surface area contributed by atoms with E-state index in [0.717, 1.165) is 6.08 Å². The fraction of sp³-hybridized carbons (Fsp3) is 0.316. The standard InChI is InChI=1S/C19H22N4O5S/c1-3-18(25)22-14-7-15(12-24)23(11-14)29(26,27)17-6-4-5-16(8-17)28-19-10-20-9-13(2)21-19/h3-6,8-10,14-15,24H,1,7,11-12H2,2H3,(H,22,25). The zero-order valence-electron chi connectivity index (χ0n) is 15.9. The van der Waals surface area contributed by atoms with Gasteiger partial charge in [-0.1, -0.05) is 12.6 Å². The average molecular weight is 418 g/mol. The van der Waals surface area contributed by atoms with Gasteiger partial charge in [-0.25, -0.2) is 13.4 Å². The number of nitrogens with zero attached hydrogens (tertiary/aromatic N) is 3. The van der Waals surface area contributed by atoms with Crippen molar-refractivity contribution in [2.75, 3.05) is 13.2 Å². The summed E-state index contributed by atoms with van der Waals surface area (Å²) in [7, 11) is -3.92. The van der Waals surface area contributed by atoms with Gasteiger partial charge in [0.2, 0.25) is 21.8 Å². The van der Waals surface area contributed by atoms with Gasteiger partial charge in [0, 0.05) is 24.8 Å². The first-order valence-electron chi connectivity index (χ1n) is 8.95. The van der Waals surface area contributed by atoms with E-state index in [1.54, 1.807) is 25.3 Å². The fourth-order valence-corrected chi connectivity index (χ4v) is 4.86. The van der Waals surface area contributed by atoms with Gasteiger partial charge in [0.25, 0.3) is 0 Å². The number of aryl methyl sites for hydroxylation is 1. The van der Waals surface area contributed by atoms with Gasteiger partial charge in [-0.15, -0.1) is 0 Å². The van der Waals surface area contributed by atoms with Crippen LogP contribution in [0.2, 0.25) is 0 Å². The number of aromatic nitrogens is 2. The third-order valence-electron chi connectivity index (χ3n) is 4.47. The Morgan fingerprint density at radius 3 is 2.93 bits per heavy atom. The van der Waals surface area contributed by atoms with Gasteiger partial charge >= 0.3 is 0 Å². The number of nitrogens with one attached hydrogen (secondary N) is 1. The molecule has 2 aromatic rings. The second kappa shape index (κ2) is 8.68. The number of hydrogen-bond donors (Lipinski definition) is 2. The molecule has 29 heavy (non-hydrogen) atoms. The lowest BCUT2D eigenvalue weighted by molar-refractivity contribution is -0.117. The summed E-state index contributed by atoms with van der Waals surface area (Å²) in [5.74, 6) is 0.156. The van der Waals surface area contributed by atoms with E-state index in [9.17, 15) is 18.3 Å². The minimum atomic E-state index is -3.92. The lowest BCUT2D eigenvalue weighted by atomic mass is 10.2. The second-order valence-corrected chi connectivity index (χ2v) is 8.52. The molecular weight excluding hydrogens is 396 g/mol. The predicted molar refractivity (Wildman–Crippen MR) is 105 cm³/mol. The number of aliphatic hydroxyl groups excluding tert-OH is 1. The predicted octanol–water partition coefficient (Wildman–Crippen LogP) is 1.00. The van der Waals surface area contributed by atoms with E-state index in [1.165, 1.54) is 22.6 Å². The molecule has 0 spiro atoms. The molecule has 1 fully saturated rings. The maximum atomic E-state index is 13.2. The lowest BCUT2D eigenvalue weighted by Gasteiger charge is -2.22. The highest BCUT2D eigenvalue weighted by molar-refractivity contribution is 7.89. The molecule has 9 nitrogen and oxygen atoms in total. The molecule has 1 aromatic carbocycles. The third-order valence-corrected chi connectivity index (χ3v) is 6.39. The molecule has 0 saturated carbocycles. The number of benzene rings is 1. The maximum absolute atomic E-state index is 13.2. The van der Waals surface area contributed by atoms with Crippen LogP contribution in [0.15, 0.2) is 54.2 Å². The van der Waals surface area contributed by atoms with Crippen LogP contribution in [0, 0.1) is 6.92 Å². The SMILES string of the molecule is C=CC(=O)NC1CC(CO)N(S(=O)(=O)c2cccc(Oc3cncc(C)n3)c2)C1. The van der Waals surface area contributed by atoms with E-state index in [0.29, 0.717) is 17.9 Å². The van der Waals surface area contributed by atoms with Crippen LogP contribution in [0.3, 0.4) is 0 Å². The lowest BCUT2D eigenvalue weighted by Crippen LogP contribution is -2.39. The van der Waals surface area contributed by atoms with Gasteiger partial charge in [0.1, 0.15) is 5.75 Å². The molecular formula is C19H22N4O5S. The Hall–Kier alpha value is -2.82. The molecule has 1 aliphatic heterocycles. The van der Waals surface area contributed by atoms with E-state index >= 15 is 0 Å². The van der Waals surface area contributed by atoms with Crippen LogP contribution in [0.4, 0.5) is 0 Å². The molecule has 154 valence electrons. The number of carbonyl (C=O) groups is 1. The number of aliphatic hydroxyl groups is 1. The highest BCUT2D eigenvalue weighted by Crippen LogP contribution is 2.29. The van der Waals surface area contributed by atoms with Crippen molar-refractivity contribution in [3.63, 3.8) is 0 Å². The molecule has 2 heterocycles. The van der Waals surface area contributed by atoms with Crippen LogP contribution >= 0.6 is 0 Å². The van der Waals surface area contributed by atoms with Gasteiger partial charge in [-0.2, -0.15) is 4.31 Å². The van der Waals surface area contributed by atoms with Gasteiger partial charge in [-0.05, 0) is 31.6 Å². The number of sulfonamides is 1. The minimum absolute atomic E-state index is 0.0183. The number of hydrogen-bond acceptors (Lipinski definition) is 7. The quantitative estimate of drug-likeness (QED) is 0.644. The summed E-state index contributed by atoms with van der Waals surface area (Å²) >= 11 is 0. The van der Waals surface area contributed by atoms with Crippen molar-refractivity contribution in [3.8, 4) is 11.6 Å². The molecule has 0 bridgehead atoms. The Labute approximate surface area is 169 Å². The second-order valence-electron chi connectivity index (χ2n) is 6.63. The van der Waals surface area contributed by atoms with Gasteiger partial charge in [0.15, 0.2) is 0 Å². The summed E-state index contributed by atoms with van der Waals surface area (Å²) in [6.07, 6.45) is 4.45. The highest BCUT2D eigenvalue weighted by Gasteiger charge is 2.40. The van der Waals surface area contributed by atoms with Gasteiger partial charge in [-0.3, -0.25) is 9.78 Å². The molecule has 10 heteroatoms. The Bertz CT molecular complexity index is 1010. The molecule has 1 aliphatic rings. The molecule has 1 aromatic heterocycles. The Kier molecular flexibility index (Phi) is 6.26. The average Bonchev–Trinajstić information content (AvgIpc) is 3.12. The van der Waals surface area contributed by atoms with E-state index in [2.05, 4.69) is 21.9 Å². The van der Waals surface area contributed by atoms with E-state index in [-0.39, 0.29) is 29.8 Å². The van der Waals surface area contributed by atoms with Crippen molar-refractivity contribution < 1.29 is 23.1 Å². The molecule has 0 aliphatic carbocycles. The van der Waals surface area contributed by atoms with Crippen molar-refractivity contribution in [2.24, 2.45) is 0 Å². The highest BCUT2D eigenvalue weighted by atomic mass is 32.2. The smallest absolute Gasteiger partial charge is 0.243 e. The normalized spacial score (nSPS) is 19.7. The summed E-state index contributed by atoms with van der Waals surface area (Å²) in [5.41, 5.74) is 0.668. The molecule has 2 unspecified atom stereocenters. The first-order chi connectivity index (χ1) is 13.8. The van der Waals surface area contributed by atoms with Crippen LogP contribution in [-0.2, 0) is 14.8 Å². The summed E-state index contributed by atoms with van der Waals surface area (Å²) in [5, 5.41) is 12.3. The van der Waals surface area contributed by atoms with Crippen LogP contribution in [0.25, 0.3) is 0 Å². The third kappa shape index (κ3) is 4.78. The monoisotopic (exact) mass is 418 g/mol. The van der Waals surface area contributed by atoms with Crippen LogP contribution < -0.4 is 10.1 Å². The van der Waals surface area contributed by atoms with Crippen LogP contribution in [0.1, 0.15) is 12.1 Å². The Morgan fingerprint density at radius 1 is 1.45 bits per heavy atom. The molecule has 0 radical (unpaired) electrons. The summed E-state index contributed by atoms with van der Waals surface area (Å²) in [6.45, 7) is 4.86. The zero-order chi connectivity index (χ0) is 21.0. The summed E-state index contributed by atoms with van der Waals surface area (Å²) in [6, 6.07) is 4.98. The largest absolute Gasteiger partial charge is 0.437 e. The molecule has 1 amide bonds. The first kappa shape index (κ1) is 20.9. The molecule has 1 saturated heterocycles. The number of amides is 1. The Balaban J connectivity index is 1.83. The first-order valence-corrected chi connectivity index (χ1v) is 10.4. The zero-order valence-corrected chi connectivity index (χ0v) is 16.7. The number of ether oxygens (including phenoxy) is 1. The summed E-state index contributed by atoms with van der Waals surface area (Å²) < 4.78 is 33.1. The summed E-state index contributed by atoms with van der Waals surface area (Å²) in [4.78, 5) is 19.7. The molecule has 2 N–H and O–H groups in total. The van der Waals surface area contributed by atoms with E-state index in [4.69, 9.17) is 4.74 Å². The van der Waals surface area contributed by atoms with Crippen molar-refractivity contribution in [3.05, 3.63) is 55.0 Å². The molecule has 3 rings (SSSR count). The number of carbonyl (C=O) groups excluding carboxylic acids is 1. The Morgan fingerprint density at radius 2 is 2.24 bits per heavy atom. The van der Waals surface area contributed by atoms with Gasteiger partial charge in [0.05, 0.1) is 29.4 Å². The maximum Gasteiger partial charge on any atom is 0.243 e. The minimum Gasteiger partial charge on any atom is -0.437 e. The molecule has 2 atom stereocenters.